The minimum absolute atomic E-state index is 0.0403. The highest BCUT2D eigenvalue weighted by Crippen LogP contribution is 2.47. The van der Waals surface area contributed by atoms with Gasteiger partial charge in [-0.1, -0.05) is 36.4 Å². The second-order valence-corrected chi connectivity index (χ2v) is 8.58. The number of rotatable bonds is 7. The summed E-state index contributed by atoms with van der Waals surface area (Å²) in [5, 5.41) is 7.90. The summed E-state index contributed by atoms with van der Waals surface area (Å²) >= 11 is 0. The van der Waals surface area contributed by atoms with Crippen LogP contribution in [0.5, 0.6) is 0 Å². The molecule has 1 saturated carbocycles. The molecule has 0 saturated heterocycles. The van der Waals surface area contributed by atoms with Crippen LogP contribution in [0.25, 0.3) is 0 Å². The van der Waals surface area contributed by atoms with E-state index in [0.29, 0.717) is 12.1 Å². The van der Waals surface area contributed by atoms with E-state index in [-0.39, 0.29) is 15.9 Å². The van der Waals surface area contributed by atoms with Crippen molar-refractivity contribution in [2.45, 2.75) is 30.1 Å². The van der Waals surface area contributed by atoms with Gasteiger partial charge in [0.05, 0.1) is 10.5 Å². The summed E-state index contributed by atoms with van der Waals surface area (Å²) in [7, 11) is -3.94. The van der Waals surface area contributed by atoms with Gasteiger partial charge in [-0.15, -0.1) is 0 Å². The maximum atomic E-state index is 12.2. The Kier molecular flexibility index (Phi) is 5.53. The molecule has 0 radical (unpaired) electrons. The van der Waals surface area contributed by atoms with Gasteiger partial charge < -0.3 is 10.1 Å². The van der Waals surface area contributed by atoms with Crippen molar-refractivity contribution in [3.8, 4) is 0 Å². The zero-order chi connectivity index (χ0) is 20.4. The number of carbonyl (C=O) groups excluding carboxylic acids is 2. The second kappa shape index (κ2) is 7.73. The Hall–Kier alpha value is -2.71. The van der Waals surface area contributed by atoms with E-state index >= 15 is 0 Å². The van der Waals surface area contributed by atoms with Gasteiger partial charge in [0.1, 0.15) is 0 Å². The lowest BCUT2D eigenvalue weighted by atomic mass is 9.96. The van der Waals surface area contributed by atoms with Gasteiger partial charge in [0.15, 0.2) is 6.61 Å². The summed E-state index contributed by atoms with van der Waals surface area (Å²) in [4.78, 5) is 24.2. The molecular formula is C20H22N2O5S. The van der Waals surface area contributed by atoms with Gasteiger partial charge >= 0.3 is 5.97 Å². The molecule has 1 aliphatic rings. The molecule has 2 aromatic rings. The van der Waals surface area contributed by atoms with Crippen molar-refractivity contribution < 1.29 is 22.7 Å². The first kappa shape index (κ1) is 20.0. The van der Waals surface area contributed by atoms with E-state index in [4.69, 9.17) is 9.88 Å². The third-order valence-corrected chi connectivity index (χ3v) is 5.87. The highest BCUT2D eigenvalue weighted by molar-refractivity contribution is 7.89. The Labute approximate surface area is 163 Å². The molecule has 1 amide bonds. The zero-order valence-electron chi connectivity index (χ0n) is 15.5. The molecule has 148 valence electrons. The highest BCUT2D eigenvalue weighted by atomic mass is 32.2. The number of carbonyl (C=O) groups is 2. The van der Waals surface area contributed by atoms with Crippen molar-refractivity contribution in [3.63, 3.8) is 0 Å². The molecule has 3 rings (SSSR count). The van der Waals surface area contributed by atoms with Crippen LogP contribution in [0.1, 0.15) is 34.3 Å². The van der Waals surface area contributed by atoms with Crippen LogP contribution in [-0.2, 0) is 25.0 Å². The first-order valence-corrected chi connectivity index (χ1v) is 10.4. The molecule has 1 fully saturated rings. The number of benzene rings is 2. The Morgan fingerprint density at radius 3 is 2.43 bits per heavy atom. The quantitative estimate of drug-likeness (QED) is 0.683. The molecule has 8 heteroatoms. The van der Waals surface area contributed by atoms with Crippen LogP contribution in [0.15, 0.2) is 53.4 Å². The standard InChI is InChI=1S/C20H22N2O5S/c1-14-7-8-16(28(21,25)26)11-17(14)19(24)27-12-18(23)22-13-20(9-10-20)15-5-3-2-4-6-15/h2-8,11H,9-10,12-13H2,1H3,(H,22,23)(H2,21,25,26). The molecule has 7 nitrogen and oxygen atoms in total. The molecule has 1 aliphatic carbocycles. The van der Waals surface area contributed by atoms with Crippen molar-refractivity contribution in [2.24, 2.45) is 5.14 Å². The Morgan fingerprint density at radius 1 is 1.14 bits per heavy atom. The maximum absolute atomic E-state index is 12.2. The zero-order valence-corrected chi connectivity index (χ0v) is 16.3. The molecule has 2 aromatic carbocycles. The van der Waals surface area contributed by atoms with Gasteiger partial charge in [-0.25, -0.2) is 18.4 Å². The van der Waals surface area contributed by atoms with Crippen molar-refractivity contribution in [1.82, 2.24) is 5.32 Å². The topological polar surface area (TPSA) is 116 Å². The van der Waals surface area contributed by atoms with E-state index in [1.807, 2.05) is 30.3 Å². The van der Waals surface area contributed by atoms with E-state index in [2.05, 4.69) is 5.32 Å². The van der Waals surface area contributed by atoms with E-state index in [1.165, 1.54) is 17.7 Å². The third kappa shape index (κ3) is 4.58. The number of primary sulfonamides is 1. The van der Waals surface area contributed by atoms with Gasteiger partial charge in [0, 0.05) is 12.0 Å². The van der Waals surface area contributed by atoms with Gasteiger partial charge in [0.2, 0.25) is 10.0 Å². The largest absolute Gasteiger partial charge is 0.452 e. The molecule has 0 bridgehead atoms. The van der Waals surface area contributed by atoms with Gasteiger partial charge in [-0.2, -0.15) is 0 Å². The molecule has 0 spiro atoms. The van der Waals surface area contributed by atoms with E-state index in [1.54, 1.807) is 6.92 Å². The fraction of sp³-hybridized carbons (Fsp3) is 0.300. The van der Waals surface area contributed by atoms with E-state index in [9.17, 15) is 18.0 Å². The fourth-order valence-corrected chi connectivity index (χ4v) is 3.58. The SMILES string of the molecule is Cc1ccc(S(N)(=O)=O)cc1C(=O)OCC(=O)NCC1(c2ccccc2)CC1. The average Bonchev–Trinajstić information content (AvgIpc) is 3.46. The number of sulfonamides is 1. The fourth-order valence-electron chi connectivity index (χ4n) is 3.04. The smallest absolute Gasteiger partial charge is 0.338 e. The summed E-state index contributed by atoms with van der Waals surface area (Å²) in [5.41, 5.74) is 1.73. The normalized spacial score (nSPS) is 14.9. The molecule has 0 aromatic heterocycles. The minimum Gasteiger partial charge on any atom is -0.452 e. The summed E-state index contributed by atoms with van der Waals surface area (Å²) in [6.07, 6.45) is 1.99. The molecular weight excluding hydrogens is 380 g/mol. The predicted octanol–water partition coefficient (Wildman–Crippen LogP) is 1.65. The molecule has 0 atom stereocenters. The number of aryl methyl sites for hydroxylation is 1. The van der Waals surface area contributed by atoms with E-state index in [0.717, 1.165) is 18.9 Å². The van der Waals surface area contributed by atoms with Crippen LogP contribution < -0.4 is 10.5 Å². The van der Waals surface area contributed by atoms with Crippen LogP contribution >= 0.6 is 0 Å². The van der Waals surface area contributed by atoms with Crippen molar-refractivity contribution >= 4 is 21.9 Å². The molecule has 3 N–H and O–H groups in total. The Morgan fingerprint density at radius 2 is 1.82 bits per heavy atom. The number of amides is 1. The maximum Gasteiger partial charge on any atom is 0.338 e. The number of esters is 1. The van der Waals surface area contributed by atoms with Crippen molar-refractivity contribution in [3.05, 3.63) is 65.2 Å². The number of hydrogen-bond donors (Lipinski definition) is 2. The summed E-state index contributed by atoms with van der Waals surface area (Å²) in [6, 6.07) is 13.9. The summed E-state index contributed by atoms with van der Waals surface area (Å²) in [5.74, 6) is -1.18. The Balaban J connectivity index is 1.56. The minimum atomic E-state index is -3.94. The number of nitrogens with two attached hydrogens (primary N) is 1. The first-order valence-electron chi connectivity index (χ1n) is 8.84. The van der Waals surface area contributed by atoms with Gasteiger partial charge in [-0.3, -0.25) is 4.79 Å². The van der Waals surface area contributed by atoms with E-state index < -0.39 is 28.5 Å². The second-order valence-electron chi connectivity index (χ2n) is 7.02. The van der Waals surface area contributed by atoms with Crippen LogP contribution in [0.4, 0.5) is 0 Å². The number of nitrogens with one attached hydrogen (secondary N) is 1. The Bertz CT molecular complexity index is 999. The summed E-state index contributed by atoms with van der Waals surface area (Å²) in [6.45, 7) is 1.68. The third-order valence-electron chi connectivity index (χ3n) is 4.96. The number of hydrogen-bond acceptors (Lipinski definition) is 5. The lowest BCUT2D eigenvalue weighted by molar-refractivity contribution is -0.124. The highest BCUT2D eigenvalue weighted by Gasteiger charge is 2.44. The van der Waals surface area contributed by atoms with Crippen LogP contribution in [-0.4, -0.2) is 33.4 Å². The van der Waals surface area contributed by atoms with Gasteiger partial charge in [-0.05, 0) is 43.0 Å². The molecule has 0 aliphatic heterocycles. The first-order chi connectivity index (χ1) is 13.2. The molecule has 0 heterocycles. The lowest BCUT2D eigenvalue weighted by Gasteiger charge is -2.16. The molecule has 0 unspecified atom stereocenters. The molecule has 28 heavy (non-hydrogen) atoms. The van der Waals surface area contributed by atoms with Crippen LogP contribution in [0, 0.1) is 6.92 Å². The van der Waals surface area contributed by atoms with Crippen LogP contribution in [0.3, 0.4) is 0 Å². The van der Waals surface area contributed by atoms with Crippen molar-refractivity contribution in [1.29, 1.82) is 0 Å². The summed E-state index contributed by atoms with van der Waals surface area (Å²) < 4.78 is 27.9. The lowest BCUT2D eigenvalue weighted by Crippen LogP contribution is -2.35. The predicted molar refractivity (Wildman–Crippen MR) is 103 cm³/mol. The monoisotopic (exact) mass is 402 g/mol. The average molecular weight is 402 g/mol. The van der Waals surface area contributed by atoms with Gasteiger partial charge in [0.25, 0.3) is 5.91 Å². The van der Waals surface area contributed by atoms with Crippen molar-refractivity contribution in [2.75, 3.05) is 13.2 Å². The van der Waals surface area contributed by atoms with Crippen LogP contribution in [0.2, 0.25) is 0 Å². The number of ether oxygens (including phenoxy) is 1.